The van der Waals surface area contributed by atoms with E-state index < -0.39 is 5.97 Å². The summed E-state index contributed by atoms with van der Waals surface area (Å²) < 4.78 is 5.43. The van der Waals surface area contributed by atoms with Gasteiger partial charge in [0.2, 0.25) is 0 Å². The number of carboxylic acid groups (broad SMARTS) is 1. The zero-order chi connectivity index (χ0) is 13.7. The average molecular weight is 253 g/mol. The highest BCUT2D eigenvalue weighted by atomic mass is 16.4. The minimum absolute atomic E-state index is 0.252. The topological polar surface area (TPSA) is 62.5 Å². The Bertz CT molecular complexity index is 394. The van der Waals surface area contributed by atoms with E-state index in [2.05, 4.69) is 26.1 Å². The van der Waals surface area contributed by atoms with Gasteiger partial charge in [0.15, 0.2) is 0 Å². The number of aromatic carboxylic acids is 1. The maximum atomic E-state index is 10.9. The molecule has 18 heavy (non-hydrogen) atoms. The maximum Gasteiger partial charge on any atom is 0.339 e. The third-order valence-electron chi connectivity index (χ3n) is 3.55. The molecule has 1 aromatic heterocycles. The lowest BCUT2D eigenvalue weighted by molar-refractivity contribution is 0.0695. The normalized spacial score (nSPS) is 12.9. The summed E-state index contributed by atoms with van der Waals surface area (Å²) in [6.45, 7) is 8.78. The zero-order valence-electron chi connectivity index (χ0n) is 11.6. The smallest absolute Gasteiger partial charge is 0.339 e. The number of carboxylic acids is 1. The standard InChI is InChI=1S/C14H23NO3/c1-5-11(6-2)9(3)15-8-12-7-13(14(16)17)10(4)18-12/h7,9,11,15H,5-6,8H2,1-4H3,(H,16,17). The Morgan fingerprint density at radius 3 is 2.50 bits per heavy atom. The van der Waals surface area contributed by atoms with Crippen LogP contribution in [0.25, 0.3) is 0 Å². The van der Waals surface area contributed by atoms with Gasteiger partial charge < -0.3 is 14.8 Å². The molecule has 0 fully saturated rings. The monoisotopic (exact) mass is 253 g/mol. The molecule has 0 aliphatic heterocycles. The minimum atomic E-state index is -0.935. The van der Waals surface area contributed by atoms with Gasteiger partial charge in [0.25, 0.3) is 0 Å². The number of furan rings is 1. The van der Waals surface area contributed by atoms with Gasteiger partial charge in [0.05, 0.1) is 6.54 Å². The number of hydrogen-bond donors (Lipinski definition) is 2. The van der Waals surface area contributed by atoms with E-state index in [-0.39, 0.29) is 5.56 Å². The lowest BCUT2D eigenvalue weighted by atomic mass is 9.95. The van der Waals surface area contributed by atoms with Crippen LogP contribution in [0.5, 0.6) is 0 Å². The molecule has 0 aliphatic carbocycles. The summed E-state index contributed by atoms with van der Waals surface area (Å²) in [5, 5.41) is 12.3. The highest BCUT2D eigenvalue weighted by Crippen LogP contribution is 2.16. The van der Waals surface area contributed by atoms with Crippen LogP contribution in [0.1, 0.15) is 55.5 Å². The highest BCUT2D eigenvalue weighted by molar-refractivity contribution is 5.88. The summed E-state index contributed by atoms with van der Waals surface area (Å²) in [7, 11) is 0. The van der Waals surface area contributed by atoms with Gasteiger partial charge in [-0.15, -0.1) is 0 Å². The molecule has 0 radical (unpaired) electrons. The molecule has 0 aromatic carbocycles. The Morgan fingerprint density at radius 1 is 1.44 bits per heavy atom. The van der Waals surface area contributed by atoms with Crippen molar-refractivity contribution in [2.75, 3.05) is 0 Å². The molecular weight excluding hydrogens is 230 g/mol. The summed E-state index contributed by atoms with van der Waals surface area (Å²) in [6.07, 6.45) is 2.28. The Morgan fingerprint density at radius 2 is 2.06 bits per heavy atom. The third kappa shape index (κ3) is 3.60. The molecule has 4 nitrogen and oxygen atoms in total. The number of hydrogen-bond acceptors (Lipinski definition) is 3. The van der Waals surface area contributed by atoms with Gasteiger partial charge in [-0.3, -0.25) is 0 Å². The van der Waals surface area contributed by atoms with Crippen LogP contribution in [0.2, 0.25) is 0 Å². The van der Waals surface area contributed by atoms with E-state index >= 15 is 0 Å². The van der Waals surface area contributed by atoms with Crippen molar-refractivity contribution >= 4 is 5.97 Å². The summed E-state index contributed by atoms with van der Waals surface area (Å²) in [4.78, 5) is 10.9. The molecule has 1 heterocycles. The first-order valence-electron chi connectivity index (χ1n) is 6.55. The molecule has 0 amide bonds. The summed E-state index contributed by atoms with van der Waals surface area (Å²) in [5.74, 6) is 0.854. The predicted octanol–water partition coefficient (Wildman–Crippen LogP) is 3.20. The van der Waals surface area contributed by atoms with Crippen LogP contribution >= 0.6 is 0 Å². The van der Waals surface area contributed by atoms with Crippen molar-refractivity contribution < 1.29 is 14.3 Å². The second-order valence-corrected chi connectivity index (χ2v) is 4.73. The lowest BCUT2D eigenvalue weighted by Crippen LogP contribution is -2.32. The molecule has 1 aromatic rings. The van der Waals surface area contributed by atoms with Crippen LogP contribution in [-0.2, 0) is 6.54 Å². The van der Waals surface area contributed by atoms with Crippen molar-refractivity contribution in [1.82, 2.24) is 5.32 Å². The number of carbonyl (C=O) groups is 1. The largest absolute Gasteiger partial charge is 0.478 e. The van der Waals surface area contributed by atoms with Gasteiger partial charge in [0.1, 0.15) is 17.1 Å². The Labute approximate surface area is 108 Å². The molecule has 0 aliphatic rings. The van der Waals surface area contributed by atoms with Crippen molar-refractivity contribution in [3.8, 4) is 0 Å². The maximum absolute atomic E-state index is 10.9. The summed E-state index contributed by atoms with van der Waals surface area (Å²) in [6, 6.07) is 2.00. The van der Waals surface area contributed by atoms with Crippen molar-refractivity contribution in [3.05, 3.63) is 23.2 Å². The van der Waals surface area contributed by atoms with Gasteiger partial charge in [-0.05, 0) is 25.8 Å². The third-order valence-corrected chi connectivity index (χ3v) is 3.55. The highest BCUT2D eigenvalue weighted by Gasteiger charge is 2.16. The van der Waals surface area contributed by atoms with Gasteiger partial charge in [-0.25, -0.2) is 4.79 Å². The van der Waals surface area contributed by atoms with Crippen LogP contribution < -0.4 is 5.32 Å². The Balaban J connectivity index is 2.58. The Hall–Kier alpha value is -1.29. The molecule has 102 valence electrons. The van der Waals surface area contributed by atoms with E-state index in [4.69, 9.17) is 9.52 Å². The van der Waals surface area contributed by atoms with Gasteiger partial charge in [0, 0.05) is 6.04 Å². The SMILES string of the molecule is CCC(CC)C(C)NCc1cc(C(=O)O)c(C)o1. The van der Waals surface area contributed by atoms with Crippen LogP contribution in [0.3, 0.4) is 0 Å². The van der Waals surface area contributed by atoms with E-state index in [1.807, 2.05) is 0 Å². The number of nitrogens with one attached hydrogen (secondary N) is 1. The molecule has 1 atom stereocenters. The Kier molecular flexibility index (Phi) is 5.41. The zero-order valence-corrected chi connectivity index (χ0v) is 11.6. The van der Waals surface area contributed by atoms with E-state index in [1.165, 1.54) is 0 Å². The van der Waals surface area contributed by atoms with Gasteiger partial charge >= 0.3 is 5.97 Å². The first-order valence-corrected chi connectivity index (χ1v) is 6.55. The van der Waals surface area contributed by atoms with E-state index in [0.29, 0.717) is 30.0 Å². The second-order valence-electron chi connectivity index (χ2n) is 4.73. The van der Waals surface area contributed by atoms with Crippen molar-refractivity contribution in [3.63, 3.8) is 0 Å². The molecule has 1 rings (SSSR count). The average Bonchev–Trinajstić information content (AvgIpc) is 2.69. The van der Waals surface area contributed by atoms with Gasteiger partial charge in [-0.2, -0.15) is 0 Å². The van der Waals surface area contributed by atoms with Crippen molar-refractivity contribution in [2.24, 2.45) is 5.92 Å². The van der Waals surface area contributed by atoms with E-state index in [9.17, 15) is 4.79 Å². The van der Waals surface area contributed by atoms with Crippen LogP contribution in [0, 0.1) is 12.8 Å². The molecule has 4 heteroatoms. The second kappa shape index (κ2) is 6.59. The van der Waals surface area contributed by atoms with Crippen molar-refractivity contribution in [2.45, 2.75) is 53.1 Å². The molecule has 0 spiro atoms. The first kappa shape index (κ1) is 14.8. The molecule has 1 unspecified atom stereocenters. The quantitative estimate of drug-likeness (QED) is 0.783. The lowest BCUT2D eigenvalue weighted by Gasteiger charge is -2.21. The fourth-order valence-corrected chi connectivity index (χ4v) is 2.27. The molecule has 0 bridgehead atoms. The number of rotatable bonds is 7. The predicted molar refractivity (Wildman–Crippen MR) is 70.8 cm³/mol. The number of aryl methyl sites for hydroxylation is 1. The molecular formula is C14H23NO3. The first-order chi connectivity index (χ1) is 8.49. The minimum Gasteiger partial charge on any atom is -0.478 e. The fourth-order valence-electron chi connectivity index (χ4n) is 2.27. The summed E-state index contributed by atoms with van der Waals surface area (Å²) >= 11 is 0. The fraction of sp³-hybridized carbons (Fsp3) is 0.643. The van der Waals surface area contributed by atoms with Crippen molar-refractivity contribution in [1.29, 1.82) is 0 Å². The van der Waals surface area contributed by atoms with E-state index in [1.54, 1.807) is 13.0 Å². The van der Waals surface area contributed by atoms with Crippen LogP contribution in [-0.4, -0.2) is 17.1 Å². The molecule has 0 saturated carbocycles. The van der Waals surface area contributed by atoms with E-state index in [0.717, 1.165) is 12.8 Å². The van der Waals surface area contributed by atoms with Crippen LogP contribution in [0.15, 0.2) is 10.5 Å². The molecule has 0 saturated heterocycles. The summed E-state index contributed by atoms with van der Waals surface area (Å²) in [5.41, 5.74) is 0.252. The molecule has 2 N–H and O–H groups in total. The van der Waals surface area contributed by atoms with Crippen LogP contribution in [0.4, 0.5) is 0 Å². The van der Waals surface area contributed by atoms with Gasteiger partial charge in [-0.1, -0.05) is 26.7 Å².